The maximum atomic E-state index is 9.12. The van der Waals surface area contributed by atoms with E-state index in [1.165, 1.54) is 11.1 Å². The van der Waals surface area contributed by atoms with Gasteiger partial charge in [0.25, 0.3) is 0 Å². The third-order valence-electron chi connectivity index (χ3n) is 2.82. The number of nitrogens with one attached hydrogen (secondary N) is 1. The summed E-state index contributed by atoms with van der Waals surface area (Å²) in [7, 11) is 0. The number of hydrogen-bond donors (Lipinski definition) is 2. The zero-order valence-corrected chi connectivity index (χ0v) is 9.70. The minimum atomic E-state index is -0.221. The van der Waals surface area contributed by atoms with E-state index < -0.39 is 0 Å². The fourth-order valence-electron chi connectivity index (χ4n) is 1.89. The first-order valence-electron chi connectivity index (χ1n) is 5.89. The molecular weight excluding hydrogens is 202 g/mol. The zero-order valence-electron chi connectivity index (χ0n) is 9.70. The van der Waals surface area contributed by atoms with Crippen LogP contribution in [0.15, 0.2) is 18.2 Å². The maximum absolute atomic E-state index is 9.12. The fourth-order valence-corrected chi connectivity index (χ4v) is 1.89. The smallest absolute Gasteiger partial charge is 0.122 e. The molecule has 0 saturated carbocycles. The van der Waals surface area contributed by atoms with Crippen molar-refractivity contribution in [2.45, 2.75) is 32.4 Å². The van der Waals surface area contributed by atoms with Gasteiger partial charge in [-0.05, 0) is 37.1 Å². The molecule has 0 aromatic heterocycles. The Balaban J connectivity index is 1.81. The van der Waals surface area contributed by atoms with Gasteiger partial charge in [-0.25, -0.2) is 0 Å². The van der Waals surface area contributed by atoms with E-state index in [9.17, 15) is 0 Å². The lowest BCUT2D eigenvalue weighted by Gasteiger charge is -2.07. The van der Waals surface area contributed by atoms with Crippen LogP contribution in [0.4, 0.5) is 0 Å². The van der Waals surface area contributed by atoms with Crippen LogP contribution < -0.4 is 10.1 Å². The minimum Gasteiger partial charge on any atom is -0.493 e. The molecule has 2 rings (SSSR count). The molecule has 1 aliphatic heterocycles. The summed E-state index contributed by atoms with van der Waals surface area (Å²) in [5.74, 6) is 1.03. The molecule has 1 aliphatic rings. The summed E-state index contributed by atoms with van der Waals surface area (Å²) in [4.78, 5) is 0. The second-order valence-electron chi connectivity index (χ2n) is 4.36. The standard InChI is InChI=1S/C13H19NO2/c1-10(15)4-6-14-9-11-2-3-13-12(8-11)5-7-16-13/h2-3,8,10,14-15H,4-7,9H2,1H3. The summed E-state index contributed by atoms with van der Waals surface area (Å²) in [5.41, 5.74) is 2.60. The highest BCUT2D eigenvalue weighted by molar-refractivity contribution is 5.39. The van der Waals surface area contributed by atoms with E-state index in [1.54, 1.807) is 0 Å². The van der Waals surface area contributed by atoms with Gasteiger partial charge in [-0.1, -0.05) is 12.1 Å². The Bertz CT molecular complexity index is 350. The van der Waals surface area contributed by atoms with Crippen molar-refractivity contribution < 1.29 is 9.84 Å². The van der Waals surface area contributed by atoms with Gasteiger partial charge < -0.3 is 15.2 Å². The van der Waals surface area contributed by atoms with Crippen molar-refractivity contribution in [3.63, 3.8) is 0 Å². The Morgan fingerprint density at radius 1 is 1.50 bits per heavy atom. The molecule has 1 aromatic rings. The average molecular weight is 221 g/mol. The predicted octanol–water partition coefficient (Wildman–Crippen LogP) is 1.48. The molecule has 1 aromatic carbocycles. The van der Waals surface area contributed by atoms with Crippen LogP contribution in [0.25, 0.3) is 0 Å². The summed E-state index contributed by atoms with van der Waals surface area (Å²) in [6.45, 7) is 4.34. The molecular formula is C13H19NO2. The lowest BCUT2D eigenvalue weighted by molar-refractivity contribution is 0.183. The molecule has 16 heavy (non-hydrogen) atoms. The number of ether oxygens (including phenoxy) is 1. The third kappa shape index (κ3) is 2.97. The third-order valence-corrected chi connectivity index (χ3v) is 2.82. The molecule has 0 amide bonds. The van der Waals surface area contributed by atoms with Gasteiger partial charge in [0, 0.05) is 13.0 Å². The van der Waals surface area contributed by atoms with E-state index in [2.05, 4.69) is 17.4 Å². The molecule has 1 unspecified atom stereocenters. The zero-order chi connectivity index (χ0) is 11.4. The lowest BCUT2D eigenvalue weighted by Crippen LogP contribution is -2.18. The number of rotatable bonds is 5. The summed E-state index contributed by atoms with van der Waals surface area (Å²) in [6.07, 6.45) is 1.60. The van der Waals surface area contributed by atoms with E-state index in [4.69, 9.17) is 9.84 Å². The molecule has 0 aliphatic carbocycles. The fraction of sp³-hybridized carbons (Fsp3) is 0.538. The van der Waals surface area contributed by atoms with Gasteiger partial charge in [-0.2, -0.15) is 0 Å². The Morgan fingerprint density at radius 2 is 2.38 bits per heavy atom. The molecule has 2 N–H and O–H groups in total. The topological polar surface area (TPSA) is 41.5 Å². The van der Waals surface area contributed by atoms with Crippen molar-refractivity contribution in [2.75, 3.05) is 13.2 Å². The molecule has 88 valence electrons. The first-order chi connectivity index (χ1) is 7.75. The summed E-state index contributed by atoms with van der Waals surface area (Å²) in [5, 5.41) is 12.4. The van der Waals surface area contributed by atoms with Gasteiger partial charge in [0.15, 0.2) is 0 Å². The molecule has 0 radical (unpaired) electrons. The van der Waals surface area contributed by atoms with Crippen LogP contribution in [0.1, 0.15) is 24.5 Å². The molecule has 3 heteroatoms. The van der Waals surface area contributed by atoms with Crippen molar-refractivity contribution in [3.05, 3.63) is 29.3 Å². The first kappa shape index (κ1) is 11.4. The Morgan fingerprint density at radius 3 is 3.19 bits per heavy atom. The van der Waals surface area contributed by atoms with Gasteiger partial charge in [0.1, 0.15) is 5.75 Å². The molecule has 1 heterocycles. The Hall–Kier alpha value is -1.06. The monoisotopic (exact) mass is 221 g/mol. The van der Waals surface area contributed by atoms with Gasteiger partial charge in [0.05, 0.1) is 12.7 Å². The van der Waals surface area contributed by atoms with Crippen molar-refractivity contribution >= 4 is 0 Å². The SMILES string of the molecule is CC(O)CCNCc1ccc2c(c1)CCO2. The van der Waals surface area contributed by atoms with Gasteiger partial charge in [-0.15, -0.1) is 0 Å². The second-order valence-corrected chi connectivity index (χ2v) is 4.36. The van der Waals surface area contributed by atoms with Crippen LogP contribution in [-0.2, 0) is 13.0 Å². The molecule has 1 atom stereocenters. The van der Waals surface area contributed by atoms with E-state index in [1.807, 2.05) is 13.0 Å². The molecule has 0 bridgehead atoms. The van der Waals surface area contributed by atoms with Crippen LogP contribution in [0.3, 0.4) is 0 Å². The second kappa shape index (κ2) is 5.32. The normalized spacial score (nSPS) is 15.6. The van der Waals surface area contributed by atoms with Crippen molar-refractivity contribution in [2.24, 2.45) is 0 Å². The van der Waals surface area contributed by atoms with Crippen LogP contribution in [0.2, 0.25) is 0 Å². The van der Waals surface area contributed by atoms with Crippen LogP contribution >= 0.6 is 0 Å². The highest BCUT2D eigenvalue weighted by Gasteiger charge is 2.11. The van der Waals surface area contributed by atoms with Crippen molar-refractivity contribution in [1.82, 2.24) is 5.32 Å². The van der Waals surface area contributed by atoms with Crippen molar-refractivity contribution in [3.8, 4) is 5.75 Å². The van der Waals surface area contributed by atoms with Gasteiger partial charge >= 0.3 is 0 Å². The maximum Gasteiger partial charge on any atom is 0.122 e. The lowest BCUT2D eigenvalue weighted by atomic mass is 10.1. The number of aliphatic hydroxyl groups is 1. The van der Waals surface area contributed by atoms with E-state index in [0.717, 1.165) is 38.3 Å². The first-order valence-corrected chi connectivity index (χ1v) is 5.89. The molecule has 0 spiro atoms. The highest BCUT2D eigenvalue weighted by atomic mass is 16.5. The largest absolute Gasteiger partial charge is 0.493 e. The quantitative estimate of drug-likeness (QED) is 0.740. The van der Waals surface area contributed by atoms with Crippen LogP contribution in [-0.4, -0.2) is 24.4 Å². The predicted molar refractivity (Wildman–Crippen MR) is 63.6 cm³/mol. The minimum absolute atomic E-state index is 0.221. The highest BCUT2D eigenvalue weighted by Crippen LogP contribution is 2.25. The molecule has 3 nitrogen and oxygen atoms in total. The van der Waals surface area contributed by atoms with E-state index >= 15 is 0 Å². The van der Waals surface area contributed by atoms with E-state index in [-0.39, 0.29) is 6.10 Å². The number of hydrogen-bond acceptors (Lipinski definition) is 3. The summed E-state index contributed by atoms with van der Waals surface area (Å²) in [6, 6.07) is 6.35. The summed E-state index contributed by atoms with van der Waals surface area (Å²) >= 11 is 0. The number of fused-ring (bicyclic) bond motifs is 1. The van der Waals surface area contributed by atoms with E-state index in [0.29, 0.717) is 0 Å². The Labute approximate surface area is 96.4 Å². The van der Waals surface area contributed by atoms with Crippen LogP contribution in [0.5, 0.6) is 5.75 Å². The Kier molecular flexibility index (Phi) is 3.80. The van der Waals surface area contributed by atoms with Crippen LogP contribution in [0, 0.1) is 0 Å². The number of benzene rings is 1. The molecule has 0 saturated heterocycles. The van der Waals surface area contributed by atoms with Crippen molar-refractivity contribution in [1.29, 1.82) is 0 Å². The van der Waals surface area contributed by atoms with Gasteiger partial charge in [-0.3, -0.25) is 0 Å². The van der Waals surface area contributed by atoms with Gasteiger partial charge in [0.2, 0.25) is 0 Å². The average Bonchev–Trinajstić information content (AvgIpc) is 2.71. The number of aliphatic hydroxyl groups excluding tert-OH is 1. The molecule has 0 fully saturated rings. The summed E-state index contributed by atoms with van der Waals surface area (Å²) < 4.78 is 5.46.